The Bertz CT molecular complexity index is 750. The van der Waals surface area contributed by atoms with Crippen LogP contribution in [0, 0.1) is 11.6 Å². The van der Waals surface area contributed by atoms with Crippen molar-refractivity contribution in [2.24, 2.45) is 5.73 Å². The van der Waals surface area contributed by atoms with E-state index in [1.807, 2.05) is 22.7 Å². The summed E-state index contributed by atoms with van der Waals surface area (Å²) in [4.78, 5) is 4.38. The number of rotatable bonds is 2. The Morgan fingerprint density at radius 2 is 1.95 bits per heavy atom. The standard InChI is InChI=1S/C14H11F2N3/c15-11-2-1-10(6-12(11)16)13-8-19-4-3-9(7-17)5-14(19)18-13/h1-6,8H,7,17H2. The molecule has 0 saturated carbocycles. The number of hydrogen-bond acceptors (Lipinski definition) is 2. The molecule has 0 atom stereocenters. The fourth-order valence-electron chi connectivity index (χ4n) is 1.95. The van der Waals surface area contributed by atoms with Gasteiger partial charge in [-0.05, 0) is 35.9 Å². The minimum Gasteiger partial charge on any atom is -0.326 e. The number of nitrogens with two attached hydrogens (primary N) is 1. The first kappa shape index (κ1) is 11.8. The topological polar surface area (TPSA) is 43.3 Å². The van der Waals surface area contributed by atoms with Gasteiger partial charge in [0.2, 0.25) is 0 Å². The van der Waals surface area contributed by atoms with Crippen LogP contribution in [0.3, 0.4) is 0 Å². The van der Waals surface area contributed by atoms with Gasteiger partial charge in [-0.2, -0.15) is 0 Å². The average Bonchev–Trinajstić information content (AvgIpc) is 2.84. The van der Waals surface area contributed by atoms with Crippen molar-refractivity contribution >= 4 is 5.65 Å². The number of nitrogens with zero attached hydrogens (tertiary/aromatic N) is 2. The van der Waals surface area contributed by atoms with Crippen LogP contribution in [-0.4, -0.2) is 9.38 Å². The third kappa shape index (κ3) is 2.08. The molecule has 0 unspecified atom stereocenters. The van der Waals surface area contributed by atoms with Gasteiger partial charge in [-0.3, -0.25) is 0 Å². The summed E-state index contributed by atoms with van der Waals surface area (Å²) in [6.07, 6.45) is 3.61. The number of halogens is 2. The highest BCUT2D eigenvalue weighted by atomic mass is 19.2. The van der Waals surface area contributed by atoms with E-state index in [0.29, 0.717) is 17.8 Å². The van der Waals surface area contributed by atoms with E-state index in [1.54, 1.807) is 6.20 Å². The molecule has 3 aromatic rings. The molecule has 2 aromatic heterocycles. The Hall–Kier alpha value is -2.27. The first-order chi connectivity index (χ1) is 9.17. The predicted octanol–water partition coefficient (Wildman–Crippen LogP) is 2.74. The maximum Gasteiger partial charge on any atom is 0.159 e. The van der Waals surface area contributed by atoms with Gasteiger partial charge < -0.3 is 10.1 Å². The fourth-order valence-corrected chi connectivity index (χ4v) is 1.95. The summed E-state index contributed by atoms with van der Waals surface area (Å²) in [5.74, 6) is -1.74. The summed E-state index contributed by atoms with van der Waals surface area (Å²) in [5, 5.41) is 0. The number of fused-ring (bicyclic) bond motifs is 1. The molecule has 0 aliphatic rings. The number of benzene rings is 1. The third-order valence-corrected chi connectivity index (χ3v) is 2.98. The average molecular weight is 259 g/mol. The van der Waals surface area contributed by atoms with Crippen molar-refractivity contribution in [3.63, 3.8) is 0 Å². The van der Waals surface area contributed by atoms with Gasteiger partial charge in [0.15, 0.2) is 11.6 Å². The molecule has 0 bridgehead atoms. The van der Waals surface area contributed by atoms with Gasteiger partial charge in [0.1, 0.15) is 5.65 Å². The van der Waals surface area contributed by atoms with Crippen molar-refractivity contribution in [2.45, 2.75) is 6.54 Å². The van der Waals surface area contributed by atoms with Gasteiger partial charge in [0, 0.05) is 24.5 Å². The van der Waals surface area contributed by atoms with Gasteiger partial charge in [0.25, 0.3) is 0 Å². The van der Waals surface area contributed by atoms with Crippen molar-refractivity contribution in [1.82, 2.24) is 9.38 Å². The van der Waals surface area contributed by atoms with Gasteiger partial charge in [0.05, 0.1) is 5.69 Å². The van der Waals surface area contributed by atoms with E-state index < -0.39 is 11.6 Å². The lowest BCUT2D eigenvalue weighted by molar-refractivity contribution is 0.509. The largest absolute Gasteiger partial charge is 0.326 e. The molecule has 0 aliphatic heterocycles. The van der Waals surface area contributed by atoms with Crippen LogP contribution in [0.5, 0.6) is 0 Å². The van der Waals surface area contributed by atoms with Crippen LogP contribution in [0.1, 0.15) is 5.56 Å². The van der Waals surface area contributed by atoms with Gasteiger partial charge in [-0.15, -0.1) is 0 Å². The molecule has 2 N–H and O–H groups in total. The lowest BCUT2D eigenvalue weighted by atomic mass is 10.1. The van der Waals surface area contributed by atoms with Gasteiger partial charge in [-0.1, -0.05) is 0 Å². The summed E-state index contributed by atoms with van der Waals surface area (Å²) in [6, 6.07) is 7.50. The molecule has 1 aromatic carbocycles. The minimum atomic E-state index is -0.878. The molecule has 0 amide bonds. The van der Waals surface area contributed by atoms with E-state index in [-0.39, 0.29) is 0 Å². The van der Waals surface area contributed by atoms with Crippen LogP contribution in [0.2, 0.25) is 0 Å². The fraction of sp³-hybridized carbons (Fsp3) is 0.0714. The second-order valence-corrected chi connectivity index (χ2v) is 4.26. The molecule has 0 aliphatic carbocycles. The molecule has 5 heteroatoms. The Morgan fingerprint density at radius 1 is 1.11 bits per heavy atom. The van der Waals surface area contributed by atoms with E-state index in [9.17, 15) is 8.78 Å². The normalized spacial score (nSPS) is 11.1. The summed E-state index contributed by atoms with van der Waals surface area (Å²) in [5.41, 5.74) is 8.39. The SMILES string of the molecule is NCc1ccn2cc(-c3ccc(F)c(F)c3)nc2c1. The van der Waals surface area contributed by atoms with Crippen LogP contribution < -0.4 is 5.73 Å². The molecule has 96 valence electrons. The second kappa shape index (κ2) is 4.44. The summed E-state index contributed by atoms with van der Waals surface area (Å²) in [7, 11) is 0. The molecule has 0 spiro atoms. The molecule has 0 saturated heterocycles. The van der Waals surface area contributed by atoms with Crippen molar-refractivity contribution in [3.8, 4) is 11.3 Å². The van der Waals surface area contributed by atoms with E-state index in [0.717, 1.165) is 23.3 Å². The Kier molecular flexibility index (Phi) is 2.76. The monoisotopic (exact) mass is 259 g/mol. The van der Waals surface area contributed by atoms with Crippen molar-refractivity contribution in [3.05, 3.63) is 59.9 Å². The second-order valence-electron chi connectivity index (χ2n) is 4.26. The molecule has 3 nitrogen and oxygen atoms in total. The minimum absolute atomic E-state index is 0.434. The van der Waals surface area contributed by atoms with E-state index in [2.05, 4.69) is 4.98 Å². The van der Waals surface area contributed by atoms with Gasteiger partial charge >= 0.3 is 0 Å². The highest BCUT2D eigenvalue weighted by Gasteiger charge is 2.08. The molecule has 0 radical (unpaired) electrons. The van der Waals surface area contributed by atoms with Crippen molar-refractivity contribution < 1.29 is 8.78 Å². The van der Waals surface area contributed by atoms with Crippen molar-refractivity contribution in [2.75, 3.05) is 0 Å². The molecule has 3 rings (SSSR count). The number of imidazole rings is 1. The molecular weight excluding hydrogens is 248 g/mol. The van der Waals surface area contributed by atoms with Crippen LogP contribution in [0.25, 0.3) is 16.9 Å². The molecular formula is C14H11F2N3. The number of aromatic nitrogens is 2. The predicted molar refractivity (Wildman–Crippen MR) is 68.4 cm³/mol. The van der Waals surface area contributed by atoms with Gasteiger partial charge in [-0.25, -0.2) is 13.8 Å². The van der Waals surface area contributed by atoms with E-state index >= 15 is 0 Å². The lowest BCUT2D eigenvalue weighted by Gasteiger charge is -1.96. The first-order valence-electron chi connectivity index (χ1n) is 5.80. The first-order valence-corrected chi connectivity index (χ1v) is 5.80. The Morgan fingerprint density at radius 3 is 2.68 bits per heavy atom. The maximum atomic E-state index is 13.2. The number of pyridine rings is 1. The summed E-state index contributed by atoms with van der Waals surface area (Å²) in [6.45, 7) is 0.434. The Labute approximate surface area is 108 Å². The zero-order valence-corrected chi connectivity index (χ0v) is 9.98. The van der Waals surface area contributed by atoms with Crippen LogP contribution in [0.15, 0.2) is 42.7 Å². The smallest absolute Gasteiger partial charge is 0.159 e. The lowest BCUT2D eigenvalue weighted by Crippen LogP contribution is -1.96. The highest BCUT2D eigenvalue weighted by molar-refractivity contribution is 5.63. The number of hydrogen-bond donors (Lipinski definition) is 1. The summed E-state index contributed by atoms with van der Waals surface area (Å²) >= 11 is 0. The maximum absolute atomic E-state index is 13.2. The van der Waals surface area contributed by atoms with Crippen molar-refractivity contribution in [1.29, 1.82) is 0 Å². The van der Waals surface area contributed by atoms with E-state index in [1.165, 1.54) is 6.07 Å². The van der Waals surface area contributed by atoms with Crippen LogP contribution in [0.4, 0.5) is 8.78 Å². The summed E-state index contributed by atoms with van der Waals surface area (Å²) < 4.78 is 27.9. The van der Waals surface area contributed by atoms with E-state index in [4.69, 9.17) is 5.73 Å². The zero-order valence-electron chi connectivity index (χ0n) is 9.98. The van der Waals surface area contributed by atoms with Crippen LogP contribution >= 0.6 is 0 Å². The highest BCUT2D eigenvalue weighted by Crippen LogP contribution is 2.21. The third-order valence-electron chi connectivity index (χ3n) is 2.98. The molecule has 19 heavy (non-hydrogen) atoms. The molecule has 0 fully saturated rings. The Balaban J connectivity index is 2.11. The quantitative estimate of drug-likeness (QED) is 0.769. The zero-order chi connectivity index (χ0) is 13.4. The van der Waals surface area contributed by atoms with Crippen LogP contribution in [-0.2, 0) is 6.54 Å². The molecule has 2 heterocycles.